The molecule has 0 saturated heterocycles. The van der Waals surface area contributed by atoms with Crippen LogP contribution in [-0.4, -0.2) is 21.9 Å². The molecule has 4 nitrogen and oxygen atoms in total. The lowest BCUT2D eigenvalue weighted by Crippen LogP contribution is -1.95. The molecule has 0 saturated carbocycles. The quantitative estimate of drug-likeness (QED) is 0.289. The van der Waals surface area contributed by atoms with Gasteiger partial charge < -0.3 is 4.74 Å². The van der Waals surface area contributed by atoms with Gasteiger partial charge in [-0.2, -0.15) is 5.10 Å². The molecule has 0 radical (unpaired) electrons. The molecule has 0 amide bonds. The summed E-state index contributed by atoms with van der Waals surface area (Å²) in [5.41, 5.74) is 8.55. The third-order valence-corrected chi connectivity index (χ3v) is 6.57. The summed E-state index contributed by atoms with van der Waals surface area (Å²) in [5, 5.41) is 7.08. The first kappa shape index (κ1) is 19.8. The Morgan fingerprint density at radius 2 is 1.65 bits per heavy atom. The minimum Gasteiger partial charge on any atom is -0.497 e. The highest BCUT2D eigenvalue weighted by atomic mass is 79.9. The molecule has 0 bridgehead atoms. The summed E-state index contributed by atoms with van der Waals surface area (Å²) in [6.45, 7) is 4.28. The zero-order valence-electron chi connectivity index (χ0n) is 17.9. The van der Waals surface area contributed by atoms with Crippen LogP contribution in [0.25, 0.3) is 44.3 Å². The molecule has 5 rings (SSSR count). The largest absolute Gasteiger partial charge is 0.497 e. The molecule has 2 heterocycles. The van der Waals surface area contributed by atoms with Crippen LogP contribution in [0, 0.1) is 13.8 Å². The van der Waals surface area contributed by atoms with Gasteiger partial charge >= 0.3 is 0 Å². The van der Waals surface area contributed by atoms with Gasteiger partial charge in [0, 0.05) is 28.0 Å². The lowest BCUT2D eigenvalue weighted by atomic mass is 9.93. The Morgan fingerprint density at radius 1 is 0.935 bits per heavy atom. The van der Waals surface area contributed by atoms with E-state index in [9.17, 15) is 0 Å². The summed E-state index contributed by atoms with van der Waals surface area (Å²) in [4.78, 5) is 5.04. The van der Waals surface area contributed by atoms with E-state index in [4.69, 9.17) is 14.8 Å². The van der Waals surface area contributed by atoms with E-state index in [1.807, 2.05) is 29.9 Å². The zero-order chi connectivity index (χ0) is 21.7. The zero-order valence-corrected chi connectivity index (χ0v) is 19.5. The number of hydrogen-bond donors (Lipinski definition) is 0. The van der Waals surface area contributed by atoms with Crippen LogP contribution >= 0.6 is 15.9 Å². The summed E-state index contributed by atoms with van der Waals surface area (Å²) in [6, 6.07) is 20.8. The van der Waals surface area contributed by atoms with Crippen molar-refractivity contribution in [3.05, 3.63) is 76.3 Å². The number of halogens is 1. The van der Waals surface area contributed by atoms with Gasteiger partial charge in [-0.3, -0.25) is 0 Å². The van der Waals surface area contributed by atoms with Crippen molar-refractivity contribution < 1.29 is 4.74 Å². The van der Waals surface area contributed by atoms with E-state index in [1.54, 1.807) is 7.11 Å². The number of aromatic nitrogens is 3. The highest BCUT2D eigenvalue weighted by Gasteiger charge is 2.21. The van der Waals surface area contributed by atoms with Gasteiger partial charge in [0.05, 0.1) is 18.0 Å². The summed E-state index contributed by atoms with van der Waals surface area (Å²) < 4.78 is 8.27. The topological polar surface area (TPSA) is 39.9 Å². The van der Waals surface area contributed by atoms with Crippen molar-refractivity contribution in [1.29, 1.82) is 0 Å². The number of methoxy groups -OCH3 is 1. The van der Waals surface area contributed by atoms with Gasteiger partial charge in [0.2, 0.25) is 0 Å². The molecule has 154 valence electrons. The Morgan fingerprint density at radius 3 is 2.35 bits per heavy atom. The van der Waals surface area contributed by atoms with E-state index in [-0.39, 0.29) is 0 Å². The van der Waals surface area contributed by atoms with Crippen molar-refractivity contribution >= 4 is 37.9 Å². The number of ether oxygens (including phenoxy) is 1. The molecular formula is C26H22BrN3O. The molecule has 0 unspecified atom stereocenters. The van der Waals surface area contributed by atoms with Crippen molar-refractivity contribution in [2.75, 3.05) is 7.11 Å². The molecule has 0 spiro atoms. The summed E-state index contributed by atoms with van der Waals surface area (Å²) >= 11 is 3.78. The first-order valence-corrected chi connectivity index (χ1v) is 10.9. The number of benzene rings is 3. The molecule has 0 fully saturated rings. The maximum absolute atomic E-state index is 5.34. The lowest BCUT2D eigenvalue weighted by molar-refractivity contribution is 0.415. The van der Waals surface area contributed by atoms with E-state index >= 15 is 0 Å². The Labute approximate surface area is 189 Å². The van der Waals surface area contributed by atoms with Crippen LogP contribution in [0.4, 0.5) is 0 Å². The number of pyridine rings is 1. The van der Waals surface area contributed by atoms with Gasteiger partial charge in [0.15, 0.2) is 5.65 Å². The predicted octanol–water partition coefficient (Wildman–Crippen LogP) is 6.84. The smallest absolute Gasteiger partial charge is 0.159 e. The molecular weight excluding hydrogens is 450 g/mol. The fourth-order valence-corrected chi connectivity index (χ4v) is 4.59. The summed E-state index contributed by atoms with van der Waals surface area (Å²) in [6.07, 6.45) is 0. The summed E-state index contributed by atoms with van der Waals surface area (Å²) in [5.74, 6) is 0.824. The first-order valence-electron chi connectivity index (χ1n) is 10.1. The van der Waals surface area contributed by atoms with Crippen LogP contribution in [0.15, 0.2) is 65.1 Å². The van der Waals surface area contributed by atoms with Gasteiger partial charge in [-0.1, -0.05) is 34.1 Å². The second-order valence-corrected chi connectivity index (χ2v) is 8.67. The molecule has 5 aromatic rings. The molecule has 2 aromatic heterocycles. The number of rotatable bonds is 3. The van der Waals surface area contributed by atoms with Crippen LogP contribution < -0.4 is 4.74 Å². The van der Waals surface area contributed by atoms with Gasteiger partial charge in [0.25, 0.3) is 0 Å². The van der Waals surface area contributed by atoms with Crippen LogP contribution in [0.2, 0.25) is 0 Å². The SMILES string of the molecule is COc1ccc(-c2nn(C)c3nc4cc(C)c(C)cc4c(-c4ccccc4Br)c23)cc1. The van der Waals surface area contributed by atoms with Crippen LogP contribution in [0.3, 0.4) is 0 Å². The molecule has 0 aliphatic carbocycles. The second kappa shape index (κ2) is 7.50. The number of nitrogens with zero attached hydrogens (tertiary/aromatic N) is 3. The highest BCUT2D eigenvalue weighted by molar-refractivity contribution is 9.10. The monoisotopic (exact) mass is 471 g/mol. The minimum atomic E-state index is 0.824. The Kier molecular flexibility index (Phi) is 4.78. The normalized spacial score (nSPS) is 11.4. The van der Waals surface area contributed by atoms with Gasteiger partial charge in [0.1, 0.15) is 11.4 Å². The second-order valence-electron chi connectivity index (χ2n) is 7.82. The average Bonchev–Trinajstić information content (AvgIpc) is 3.10. The van der Waals surface area contributed by atoms with Gasteiger partial charge in [-0.15, -0.1) is 0 Å². The van der Waals surface area contributed by atoms with Crippen LogP contribution in [0.1, 0.15) is 11.1 Å². The fraction of sp³-hybridized carbons (Fsp3) is 0.154. The van der Waals surface area contributed by atoms with Crippen molar-refractivity contribution in [3.63, 3.8) is 0 Å². The number of hydrogen-bond acceptors (Lipinski definition) is 3. The Hall–Kier alpha value is -3.18. The molecule has 31 heavy (non-hydrogen) atoms. The third kappa shape index (κ3) is 3.20. The molecule has 0 aliphatic rings. The number of fused-ring (bicyclic) bond motifs is 2. The van der Waals surface area contributed by atoms with Crippen molar-refractivity contribution in [2.45, 2.75) is 13.8 Å². The van der Waals surface area contributed by atoms with Crippen LogP contribution in [0.5, 0.6) is 5.75 Å². The lowest BCUT2D eigenvalue weighted by Gasteiger charge is -2.14. The Balaban J connectivity index is 1.96. The predicted molar refractivity (Wildman–Crippen MR) is 131 cm³/mol. The molecule has 3 aromatic carbocycles. The number of aryl methyl sites for hydroxylation is 3. The highest BCUT2D eigenvalue weighted by Crippen LogP contribution is 2.42. The van der Waals surface area contributed by atoms with E-state index in [0.29, 0.717) is 0 Å². The van der Waals surface area contributed by atoms with Crippen molar-refractivity contribution in [1.82, 2.24) is 14.8 Å². The van der Waals surface area contributed by atoms with Crippen LogP contribution in [-0.2, 0) is 7.05 Å². The molecule has 5 heteroatoms. The molecule has 0 aliphatic heterocycles. The Bertz CT molecular complexity index is 1450. The van der Waals surface area contributed by atoms with E-state index in [1.165, 1.54) is 11.1 Å². The summed E-state index contributed by atoms with van der Waals surface area (Å²) in [7, 11) is 3.63. The maximum Gasteiger partial charge on any atom is 0.159 e. The molecule has 0 N–H and O–H groups in total. The average molecular weight is 472 g/mol. The fourth-order valence-electron chi connectivity index (χ4n) is 4.11. The van der Waals surface area contributed by atoms with Gasteiger partial charge in [-0.25, -0.2) is 9.67 Å². The van der Waals surface area contributed by atoms with E-state index in [2.05, 4.69) is 72.2 Å². The van der Waals surface area contributed by atoms with Crippen molar-refractivity contribution in [3.8, 4) is 28.1 Å². The first-order chi connectivity index (χ1) is 15.0. The van der Waals surface area contributed by atoms with Crippen molar-refractivity contribution in [2.24, 2.45) is 7.05 Å². The van der Waals surface area contributed by atoms with E-state index < -0.39 is 0 Å². The minimum absolute atomic E-state index is 0.824. The molecule has 0 atom stereocenters. The standard InChI is InChI=1S/C26H22BrN3O/c1-15-13-20-22(14-16(15)2)28-26-24(23(20)19-7-5-6-8-21(19)27)25(29-30(26)3)17-9-11-18(31-4)12-10-17/h5-14H,1-4H3. The third-order valence-electron chi connectivity index (χ3n) is 5.88. The maximum atomic E-state index is 5.34. The van der Waals surface area contributed by atoms with Gasteiger partial charge in [-0.05, 0) is 73.0 Å². The van der Waals surface area contributed by atoms with E-state index in [0.717, 1.165) is 54.5 Å².